The normalized spacial score (nSPS) is 22.8. The Morgan fingerprint density at radius 3 is 2.48 bits per heavy atom. The van der Waals surface area contributed by atoms with E-state index in [4.69, 9.17) is 15.5 Å². The van der Waals surface area contributed by atoms with Crippen LogP contribution in [-0.4, -0.2) is 19.2 Å². The van der Waals surface area contributed by atoms with Crippen molar-refractivity contribution in [2.75, 3.05) is 7.11 Å². The predicted octanol–water partition coefficient (Wildman–Crippen LogP) is 7.52. The number of ether oxygens (including phenoxy) is 1. The molecule has 0 aromatic heterocycles. The Hall–Kier alpha value is -2.62. The fraction of sp³-hybridized carbons (Fsp3) is 0.517. The van der Waals surface area contributed by atoms with Gasteiger partial charge in [-0.25, -0.2) is 0 Å². The third kappa shape index (κ3) is 4.85. The molecule has 2 aromatic rings. The van der Waals surface area contributed by atoms with E-state index < -0.39 is 0 Å². The molecule has 1 fully saturated rings. The first-order valence-corrected chi connectivity index (χ1v) is 12.7. The number of fused-ring (bicyclic) bond motifs is 1. The number of carbonyl (C=O) groups is 1. The fourth-order valence-electron chi connectivity index (χ4n) is 5.87. The summed E-state index contributed by atoms with van der Waals surface area (Å²) in [5.41, 5.74) is 12.2. The third-order valence-corrected chi connectivity index (χ3v) is 7.88. The summed E-state index contributed by atoms with van der Waals surface area (Å²) in [5, 5.41) is 0. The van der Waals surface area contributed by atoms with E-state index in [1.807, 2.05) is 18.3 Å². The fourth-order valence-corrected chi connectivity index (χ4v) is 5.87. The van der Waals surface area contributed by atoms with Gasteiger partial charge in [0.05, 0.1) is 18.4 Å². The van der Waals surface area contributed by atoms with Crippen LogP contribution in [0.1, 0.15) is 105 Å². The molecule has 3 unspecified atom stereocenters. The second-order valence-corrected chi connectivity index (χ2v) is 9.73. The lowest BCUT2D eigenvalue weighted by molar-refractivity contribution is 0.0999. The molecule has 1 heterocycles. The summed E-state index contributed by atoms with van der Waals surface area (Å²) < 4.78 is 5.39. The van der Waals surface area contributed by atoms with Gasteiger partial charge in [0.25, 0.3) is 5.91 Å². The van der Waals surface area contributed by atoms with Gasteiger partial charge in [0.1, 0.15) is 5.75 Å². The van der Waals surface area contributed by atoms with Gasteiger partial charge < -0.3 is 10.5 Å². The molecule has 1 aliphatic carbocycles. The van der Waals surface area contributed by atoms with Crippen LogP contribution in [0.15, 0.2) is 35.3 Å². The van der Waals surface area contributed by atoms with Gasteiger partial charge in [0.15, 0.2) is 0 Å². The van der Waals surface area contributed by atoms with E-state index >= 15 is 0 Å². The molecule has 4 nitrogen and oxygen atoms in total. The first-order chi connectivity index (χ1) is 16.1. The van der Waals surface area contributed by atoms with Gasteiger partial charge in [-0.1, -0.05) is 51.7 Å². The Bertz CT molecular complexity index is 1010. The number of aliphatic imine (C=N–C) groups is 1. The molecule has 176 valence electrons. The minimum Gasteiger partial charge on any atom is -0.497 e. The lowest BCUT2D eigenvalue weighted by Gasteiger charge is -2.30. The molecule has 0 bridgehead atoms. The van der Waals surface area contributed by atoms with E-state index in [0.717, 1.165) is 54.2 Å². The number of primary amides is 1. The Morgan fingerprint density at radius 2 is 1.82 bits per heavy atom. The molecule has 1 saturated carbocycles. The SMILES string of the molecule is CCC1CCCCC(c2cc(-c3ccc(OC)cc3)c3c(c2C(N)=O)N=CCC3CC)CC1. The van der Waals surface area contributed by atoms with Gasteiger partial charge in [0, 0.05) is 6.21 Å². The second kappa shape index (κ2) is 10.5. The topological polar surface area (TPSA) is 64.7 Å². The van der Waals surface area contributed by atoms with Crippen LogP contribution in [-0.2, 0) is 0 Å². The van der Waals surface area contributed by atoms with E-state index in [1.54, 1.807) is 7.11 Å². The quantitative estimate of drug-likeness (QED) is 0.498. The largest absolute Gasteiger partial charge is 0.497 e. The lowest BCUT2D eigenvalue weighted by Crippen LogP contribution is -2.20. The predicted molar refractivity (Wildman–Crippen MR) is 137 cm³/mol. The van der Waals surface area contributed by atoms with Gasteiger partial charge in [-0.3, -0.25) is 9.79 Å². The molecule has 4 heteroatoms. The maximum absolute atomic E-state index is 12.9. The highest BCUT2D eigenvalue weighted by molar-refractivity contribution is 6.03. The average molecular weight is 447 g/mol. The lowest BCUT2D eigenvalue weighted by atomic mass is 9.75. The van der Waals surface area contributed by atoms with Crippen LogP contribution in [0.25, 0.3) is 11.1 Å². The summed E-state index contributed by atoms with van der Waals surface area (Å²) >= 11 is 0. The monoisotopic (exact) mass is 446 g/mol. The van der Waals surface area contributed by atoms with Crippen LogP contribution in [0.4, 0.5) is 5.69 Å². The molecule has 1 aliphatic heterocycles. The van der Waals surface area contributed by atoms with Crippen molar-refractivity contribution >= 4 is 17.8 Å². The van der Waals surface area contributed by atoms with Crippen molar-refractivity contribution < 1.29 is 9.53 Å². The number of nitrogens with zero attached hydrogens (tertiary/aromatic N) is 1. The number of amides is 1. The summed E-state index contributed by atoms with van der Waals surface area (Å²) in [7, 11) is 1.69. The zero-order valence-corrected chi connectivity index (χ0v) is 20.4. The van der Waals surface area contributed by atoms with Crippen LogP contribution in [0.2, 0.25) is 0 Å². The van der Waals surface area contributed by atoms with Crippen molar-refractivity contribution in [3.05, 3.63) is 47.0 Å². The number of hydrogen-bond acceptors (Lipinski definition) is 3. The van der Waals surface area contributed by atoms with E-state index in [-0.39, 0.29) is 5.91 Å². The number of rotatable bonds is 6. The molecule has 2 aliphatic rings. The van der Waals surface area contributed by atoms with Crippen LogP contribution >= 0.6 is 0 Å². The van der Waals surface area contributed by atoms with Crippen LogP contribution < -0.4 is 10.5 Å². The minimum atomic E-state index is -0.342. The second-order valence-electron chi connectivity index (χ2n) is 9.73. The van der Waals surface area contributed by atoms with Gasteiger partial charge in [0.2, 0.25) is 0 Å². The van der Waals surface area contributed by atoms with Crippen LogP contribution in [0.3, 0.4) is 0 Å². The Morgan fingerprint density at radius 1 is 1.06 bits per heavy atom. The van der Waals surface area contributed by atoms with Gasteiger partial charge >= 0.3 is 0 Å². The summed E-state index contributed by atoms with van der Waals surface area (Å²) in [4.78, 5) is 17.7. The standard InChI is InChI=1S/C29H38N2O2/c1-4-19-8-6-7-9-21(11-10-19)25-18-24(22-12-14-23(33-3)15-13-22)26-20(5-2)16-17-31-28(26)27(25)29(30)32/h12-15,17-21H,4-11,16H2,1-3H3,(H2,30,32). The summed E-state index contributed by atoms with van der Waals surface area (Å²) in [6, 6.07) is 10.6. The van der Waals surface area contributed by atoms with Crippen molar-refractivity contribution in [2.45, 2.75) is 83.5 Å². The Kier molecular flexibility index (Phi) is 7.52. The summed E-state index contributed by atoms with van der Waals surface area (Å²) in [5.74, 6) is 1.97. The van der Waals surface area contributed by atoms with E-state index in [1.165, 1.54) is 43.2 Å². The molecule has 0 spiro atoms. The molecule has 2 N–H and O–H groups in total. The number of nitrogens with two attached hydrogens (primary N) is 1. The highest BCUT2D eigenvalue weighted by Crippen LogP contribution is 2.48. The maximum Gasteiger partial charge on any atom is 0.251 e. The Labute approximate surface area is 198 Å². The van der Waals surface area contributed by atoms with Crippen molar-refractivity contribution in [3.63, 3.8) is 0 Å². The molecular weight excluding hydrogens is 408 g/mol. The van der Waals surface area contributed by atoms with E-state index in [0.29, 0.717) is 17.4 Å². The molecule has 0 radical (unpaired) electrons. The Balaban J connectivity index is 1.90. The first-order valence-electron chi connectivity index (χ1n) is 12.7. The average Bonchev–Trinajstić information content (AvgIpc) is 2.82. The zero-order chi connectivity index (χ0) is 23.4. The van der Waals surface area contributed by atoms with Crippen molar-refractivity contribution in [1.82, 2.24) is 0 Å². The van der Waals surface area contributed by atoms with E-state index in [9.17, 15) is 4.79 Å². The number of hydrogen-bond donors (Lipinski definition) is 1. The first kappa shape index (κ1) is 23.5. The summed E-state index contributed by atoms with van der Waals surface area (Å²) in [6.07, 6.45) is 12.4. The van der Waals surface area contributed by atoms with Crippen molar-refractivity contribution in [2.24, 2.45) is 16.6 Å². The number of carbonyl (C=O) groups excluding carboxylic acids is 1. The highest BCUT2D eigenvalue weighted by Gasteiger charge is 2.31. The molecule has 2 aromatic carbocycles. The molecule has 33 heavy (non-hydrogen) atoms. The molecule has 3 atom stereocenters. The highest BCUT2D eigenvalue weighted by atomic mass is 16.5. The minimum absolute atomic E-state index is 0.337. The van der Waals surface area contributed by atoms with Crippen LogP contribution in [0, 0.1) is 5.92 Å². The smallest absolute Gasteiger partial charge is 0.251 e. The molecule has 4 rings (SSSR count). The van der Waals surface area contributed by atoms with Gasteiger partial charge in [-0.05, 0) is 90.3 Å². The van der Waals surface area contributed by atoms with Gasteiger partial charge in [-0.2, -0.15) is 0 Å². The van der Waals surface area contributed by atoms with Crippen LogP contribution in [0.5, 0.6) is 5.75 Å². The molecule has 1 amide bonds. The number of methoxy groups -OCH3 is 1. The zero-order valence-electron chi connectivity index (χ0n) is 20.4. The van der Waals surface area contributed by atoms with E-state index in [2.05, 4.69) is 32.0 Å². The number of benzene rings is 2. The van der Waals surface area contributed by atoms with Crippen molar-refractivity contribution in [3.8, 4) is 16.9 Å². The summed E-state index contributed by atoms with van der Waals surface area (Å²) in [6.45, 7) is 4.51. The molecular formula is C29H38N2O2. The maximum atomic E-state index is 12.9. The van der Waals surface area contributed by atoms with Crippen molar-refractivity contribution in [1.29, 1.82) is 0 Å². The third-order valence-electron chi connectivity index (χ3n) is 7.88. The molecule has 0 saturated heterocycles. The van der Waals surface area contributed by atoms with Gasteiger partial charge in [-0.15, -0.1) is 0 Å².